The molecular formula is C25H37N5O3S. The van der Waals surface area contributed by atoms with E-state index in [1.54, 1.807) is 4.31 Å². The molecule has 0 atom stereocenters. The summed E-state index contributed by atoms with van der Waals surface area (Å²) < 4.78 is 32.6. The van der Waals surface area contributed by atoms with E-state index in [0.29, 0.717) is 32.6 Å². The molecule has 0 radical (unpaired) electrons. The van der Waals surface area contributed by atoms with Gasteiger partial charge in [0.25, 0.3) is 0 Å². The third kappa shape index (κ3) is 6.18. The Labute approximate surface area is 204 Å². The maximum absolute atomic E-state index is 12.3. The smallest absolute Gasteiger partial charge is 0.225 e. The van der Waals surface area contributed by atoms with Crippen LogP contribution in [0.1, 0.15) is 45.1 Å². The Morgan fingerprint density at radius 1 is 0.941 bits per heavy atom. The topological polar surface area (TPSA) is 78.9 Å². The molecule has 0 spiro atoms. The van der Waals surface area contributed by atoms with E-state index in [1.165, 1.54) is 5.56 Å². The number of hydrogen-bond donors (Lipinski definition) is 0. The van der Waals surface area contributed by atoms with Crippen LogP contribution in [0.3, 0.4) is 0 Å². The van der Waals surface area contributed by atoms with Gasteiger partial charge in [-0.05, 0) is 30.5 Å². The van der Waals surface area contributed by atoms with E-state index in [1.807, 2.05) is 31.5 Å². The first-order valence-corrected chi connectivity index (χ1v) is 14.1. The lowest BCUT2D eigenvalue weighted by Gasteiger charge is -2.36. The molecule has 34 heavy (non-hydrogen) atoms. The van der Waals surface area contributed by atoms with Crippen LogP contribution < -0.4 is 14.5 Å². The molecular weight excluding hydrogens is 450 g/mol. The van der Waals surface area contributed by atoms with Crippen LogP contribution in [0.15, 0.2) is 36.7 Å². The zero-order valence-electron chi connectivity index (χ0n) is 20.4. The van der Waals surface area contributed by atoms with Gasteiger partial charge in [0.05, 0.1) is 5.75 Å². The van der Waals surface area contributed by atoms with Gasteiger partial charge in [0, 0.05) is 76.3 Å². The zero-order valence-corrected chi connectivity index (χ0v) is 21.2. The van der Waals surface area contributed by atoms with Gasteiger partial charge in [-0.25, -0.2) is 18.4 Å². The van der Waals surface area contributed by atoms with Crippen LogP contribution in [0.25, 0.3) is 0 Å². The number of aromatic nitrogens is 2. The van der Waals surface area contributed by atoms with Crippen molar-refractivity contribution in [1.29, 1.82) is 0 Å². The molecule has 0 bridgehead atoms. The predicted octanol–water partition coefficient (Wildman–Crippen LogP) is 3.34. The highest BCUT2D eigenvalue weighted by atomic mass is 32.2. The molecule has 8 nitrogen and oxygen atoms in total. The summed E-state index contributed by atoms with van der Waals surface area (Å²) in [5.41, 5.74) is 2.27. The van der Waals surface area contributed by atoms with Crippen LogP contribution in [0.4, 0.5) is 11.6 Å². The summed E-state index contributed by atoms with van der Waals surface area (Å²) in [6.07, 6.45) is 8.68. The SMILES string of the molecule is CCCc1cnc(N2CCC(Oc3cccc(N4CCN(S(=O)(=O)CCC)CC4)c3)CC2)nc1. The molecule has 0 saturated carbocycles. The highest BCUT2D eigenvalue weighted by Gasteiger charge is 2.27. The molecule has 2 aliphatic rings. The number of nitrogens with zero attached hydrogens (tertiary/aromatic N) is 5. The van der Waals surface area contributed by atoms with Crippen molar-refractivity contribution in [2.45, 2.75) is 52.1 Å². The number of piperidine rings is 1. The largest absolute Gasteiger partial charge is 0.490 e. The molecule has 2 aliphatic heterocycles. The van der Waals surface area contributed by atoms with Gasteiger partial charge < -0.3 is 14.5 Å². The molecule has 0 N–H and O–H groups in total. The van der Waals surface area contributed by atoms with Crippen LogP contribution in [0.2, 0.25) is 0 Å². The number of aryl methyl sites for hydroxylation is 1. The highest BCUT2D eigenvalue weighted by molar-refractivity contribution is 7.89. The van der Waals surface area contributed by atoms with E-state index in [9.17, 15) is 8.42 Å². The lowest BCUT2D eigenvalue weighted by atomic mass is 10.1. The number of sulfonamides is 1. The van der Waals surface area contributed by atoms with Crippen molar-refractivity contribution < 1.29 is 13.2 Å². The quantitative estimate of drug-likeness (QED) is 0.537. The zero-order chi connectivity index (χ0) is 24.0. The summed E-state index contributed by atoms with van der Waals surface area (Å²) in [5.74, 6) is 1.91. The Kier molecular flexibility index (Phi) is 8.26. The molecule has 4 rings (SSSR count). The number of piperazine rings is 1. The maximum Gasteiger partial charge on any atom is 0.225 e. The Balaban J connectivity index is 1.28. The van der Waals surface area contributed by atoms with Gasteiger partial charge in [-0.3, -0.25) is 0 Å². The van der Waals surface area contributed by atoms with Crippen molar-refractivity contribution in [1.82, 2.24) is 14.3 Å². The Morgan fingerprint density at radius 3 is 2.29 bits per heavy atom. The lowest BCUT2D eigenvalue weighted by Crippen LogP contribution is -2.49. The van der Waals surface area contributed by atoms with Gasteiger partial charge >= 0.3 is 0 Å². The Morgan fingerprint density at radius 2 is 1.65 bits per heavy atom. The summed E-state index contributed by atoms with van der Waals surface area (Å²) in [6, 6.07) is 8.18. The van der Waals surface area contributed by atoms with Crippen molar-refractivity contribution in [3.63, 3.8) is 0 Å². The van der Waals surface area contributed by atoms with Crippen LogP contribution >= 0.6 is 0 Å². The normalized spacial score (nSPS) is 18.3. The minimum absolute atomic E-state index is 0.168. The molecule has 2 fully saturated rings. The molecule has 1 aromatic heterocycles. The van der Waals surface area contributed by atoms with Crippen LogP contribution in [0, 0.1) is 0 Å². The minimum atomic E-state index is -3.13. The van der Waals surface area contributed by atoms with E-state index in [4.69, 9.17) is 4.74 Å². The van der Waals surface area contributed by atoms with Gasteiger partial charge in [-0.15, -0.1) is 0 Å². The average molecular weight is 488 g/mol. The van der Waals surface area contributed by atoms with E-state index in [-0.39, 0.29) is 11.9 Å². The minimum Gasteiger partial charge on any atom is -0.490 e. The molecule has 3 heterocycles. The molecule has 2 saturated heterocycles. The molecule has 0 amide bonds. The van der Waals surface area contributed by atoms with E-state index >= 15 is 0 Å². The molecule has 0 aliphatic carbocycles. The second-order valence-corrected chi connectivity index (χ2v) is 11.2. The number of benzene rings is 1. The van der Waals surface area contributed by atoms with Gasteiger partial charge in [0.2, 0.25) is 16.0 Å². The van der Waals surface area contributed by atoms with Crippen molar-refractivity contribution in [3.05, 3.63) is 42.2 Å². The van der Waals surface area contributed by atoms with E-state index in [2.05, 4.69) is 38.8 Å². The summed E-state index contributed by atoms with van der Waals surface area (Å²) in [6.45, 7) is 8.29. The first-order valence-electron chi connectivity index (χ1n) is 12.5. The first kappa shape index (κ1) is 24.7. The van der Waals surface area contributed by atoms with Crippen molar-refractivity contribution in [2.24, 2.45) is 0 Å². The van der Waals surface area contributed by atoms with Crippen molar-refractivity contribution >= 4 is 21.7 Å². The molecule has 186 valence electrons. The maximum atomic E-state index is 12.3. The molecule has 0 unspecified atom stereocenters. The second-order valence-electron chi connectivity index (χ2n) is 9.15. The van der Waals surface area contributed by atoms with Crippen LogP contribution in [-0.2, 0) is 16.4 Å². The Hall–Kier alpha value is -2.39. The van der Waals surface area contributed by atoms with Gasteiger partial charge in [-0.2, -0.15) is 4.31 Å². The second kappa shape index (κ2) is 11.4. The van der Waals surface area contributed by atoms with Crippen molar-refractivity contribution in [2.75, 3.05) is 54.8 Å². The predicted molar refractivity (Wildman–Crippen MR) is 136 cm³/mol. The van der Waals surface area contributed by atoms with E-state index in [0.717, 1.165) is 56.2 Å². The summed E-state index contributed by atoms with van der Waals surface area (Å²) in [5, 5.41) is 0. The lowest BCUT2D eigenvalue weighted by molar-refractivity contribution is 0.170. The fourth-order valence-electron chi connectivity index (χ4n) is 4.66. The molecule has 2 aromatic rings. The standard InChI is InChI=1S/C25H37N5O3S/c1-3-6-21-19-26-25(27-20-21)29-11-9-23(10-12-29)33-24-8-5-7-22(18-24)28-13-15-30(16-14-28)34(31,32)17-4-2/h5,7-8,18-20,23H,3-4,6,9-17H2,1-2H3. The summed E-state index contributed by atoms with van der Waals surface area (Å²) in [4.78, 5) is 13.6. The third-order valence-corrected chi connectivity index (χ3v) is 8.61. The van der Waals surface area contributed by atoms with Crippen LogP contribution in [0.5, 0.6) is 5.75 Å². The van der Waals surface area contributed by atoms with E-state index < -0.39 is 10.0 Å². The molecule has 1 aromatic carbocycles. The molecule has 9 heteroatoms. The number of ether oxygens (including phenoxy) is 1. The fourth-order valence-corrected chi connectivity index (χ4v) is 6.15. The summed E-state index contributed by atoms with van der Waals surface area (Å²) in [7, 11) is -3.13. The first-order chi connectivity index (χ1) is 16.5. The van der Waals surface area contributed by atoms with Gasteiger partial charge in [0.15, 0.2) is 0 Å². The number of anilines is 2. The number of rotatable bonds is 9. The monoisotopic (exact) mass is 487 g/mol. The Bertz CT molecular complexity index is 1020. The van der Waals surface area contributed by atoms with Gasteiger partial charge in [-0.1, -0.05) is 26.3 Å². The summed E-state index contributed by atoms with van der Waals surface area (Å²) >= 11 is 0. The van der Waals surface area contributed by atoms with Gasteiger partial charge in [0.1, 0.15) is 11.9 Å². The fraction of sp³-hybridized carbons (Fsp3) is 0.600. The highest BCUT2D eigenvalue weighted by Crippen LogP contribution is 2.26. The van der Waals surface area contributed by atoms with Crippen LogP contribution in [-0.4, -0.2) is 73.8 Å². The number of hydrogen-bond acceptors (Lipinski definition) is 7. The third-order valence-electron chi connectivity index (χ3n) is 6.53. The van der Waals surface area contributed by atoms with Crippen molar-refractivity contribution in [3.8, 4) is 5.75 Å². The average Bonchev–Trinajstić information content (AvgIpc) is 2.86.